The van der Waals surface area contributed by atoms with Crippen molar-refractivity contribution in [1.82, 2.24) is 5.32 Å². The minimum absolute atomic E-state index is 0.295. The zero-order valence-corrected chi connectivity index (χ0v) is 19.1. The molecule has 3 aromatic rings. The number of amides is 1. The van der Waals surface area contributed by atoms with Crippen molar-refractivity contribution in [3.63, 3.8) is 0 Å². The lowest BCUT2D eigenvalue weighted by Gasteiger charge is -2.26. The van der Waals surface area contributed by atoms with E-state index in [2.05, 4.69) is 5.32 Å². The number of rotatable bonds is 7. The van der Waals surface area contributed by atoms with Crippen LogP contribution in [0.5, 0.6) is 0 Å². The van der Waals surface area contributed by atoms with Crippen LogP contribution in [-0.2, 0) is 14.8 Å². The van der Waals surface area contributed by atoms with E-state index in [0.29, 0.717) is 5.69 Å². The highest BCUT2D eigenvalue weighted by molar-refractivity contribution is 7.92. The molecule has 1 amide bonds. The molecule has 0 aromatic heterocycles. The zero-order valence-electron chi connectivity index (χ0n) is 18.3. The summed E-state index contributed by atoms with van der Waals surface area (Å²) >= 11 is 0. The Labute approximate surface area is 184 Å². The van der Waals surface area contributed by atoms with Crippen LogP contribution in [0.1, 0.15) is 33.9 Å². The van der Waals surface area contributed by atoms with Gasteiger partial charge in [0.2, 0.25) is 15.9 Å². The quantitative estimate of drug-likeness (QED) is 0.601. The molecule has 5 nitrogen and oxygen atoms in total. The molecule has 0 fully saturated rings. The summed E-state index contributed by atoms with van der Waals surface area (Å²) in [7, 11) is -3.65. The molecule has 1 atom stereocenters. The fourth-order valence-electron chi connectivity index (χ4n) is 3.73. The molecule has 0 spiro atoms. The lowest BCUT2D eigenvalue weighted by molar-refractivity contribution is -0.120. The Kier molecular flexibility index (Phi) is 6.81. The smallest absolute Gasteiger partial charge is 0.241 e. The number of nitrogens with one attached hydrogen (secondary N) is 1. The molecule has 0 aliphatic heterocycles. The van der Waals surface area contributed by atoms with E-state index in [4.69, 9.17) is 0 Å². The maximum atomic E-state index is 13.1. The largest absolute Gasteiger partial charge is 0.344 e. The summed E-state index contributed by atoms with van der Waals surface area (Å²) in [5.74, 6) is -0.373. The van der Waals surface area contributed by atoms with Gasteiger partial charge in [-0.15, -0.1) is 0 Å². The van der Waals surface area contributed by atoms with E-state index >= 15 is 0 Å². The molecule has 0 aliphatic carbocycles. The third-order valence-corrected chi connectivity index (χ3v) is 6.26. The molecular formula is C25H28N2O3S. The van der Waals surface area contributed by atoms with Crippen molar-refractivity contribution in [1.29, 1.82) is 0 Å². The molecule has 0 saturated carbocycles. The van der Waals surface area contributed by atoms with Gasteiger partial charge in [0.25, 0.3) is 0 Å². The fourth-order valence-corrected chi connectivity index (χ4v) is 4.57. The Morgan fingerprint density at radius 2 is 1.48 bits per heavy atom. The summed E-state index contributed by atoms with van der Waals surface area (Å²) in [6.07, 6.45) is 1.12. The Morgan fingerprint density at radius 1 is 0.903 bits per heavy atom. The monoisotopic (exact) mass is 436 g/mol. The van der Waals surface area contributed by atoms with Crippen molar-refractivity contribution in [2.45, 2.75) is 26.8 Å². The molecule has 0 unspecified atom stereocenters. The molecule has 0 radical (unpaired) electrons. The zero-order chi connectivity index (χ0) is 22.6. The van der Waals surface area contributed by atoms with Crippen LogP contribution in [0.2, 0.25) is 0 Å². The van der Waals surface area contributed by atoms with Gasteiger partial charge in [0.05, 0.1) is 18.0 Å². The average molecular weight is 437 g/mol. The number of sulfonamides is 1. The van der Waals surface area contributed by atoms with E-state index in [1.165, 1.54) is 0 Å². The van der Waals surface area contributed by atoms with Crippen LogP contribution < -0.4 is 9.62 Å². The first-order valence-electron chi connectivity index (χ1n) is 10.1. The van der Waals surface area contributed by atoms with Crippen molar-refractivity contribution < 1.29 is 13.2 Å². The van der Waals surface area contributed by atoms with Gasteiger partial charge in [-0.3, -0.25) is 9.10 Å². The van der Waals surface area contributed by atoms with E-state index in [9.17, 15) is 13.2 Å². The number of hydrogen-bond donors (Lipinski definition) is 1. The minimum atomic E-state index is -3.65. The maximum Gasteiger partial charge on any atom is 0.241 e. The third kappa shape index (κ3) is 5.73. The van der Waals surface area contributed by atoms with Crippen LogP contribution >= 0.6 is 0 Å². The van der Waals surface area contributed by atoms with Gasteiger partial charge in [-0.05, 0) is 60.7 Å². The third-order valence-electron chi connectivity index (χ3n) is 5.12. The van der Waals surface area contributed by atoms with Crippen LogP contribution in [0.15, 0.2) is 72.8 Å². The number of anilines is 1. The average Bonchev–Trinajstić information content (AvgIpc) is 2.70. The van der Waals surface area contributed by atoms with Crippen molar-refractivity contribution in [3.8, 4) is 0 Å². The van der Waals surface area contributed by atoms with Gasteiger partial charge in [0, 0.05) is 0 Å². The SMILES string of the molecule is Cc1cc(C)cc(N(CC(=O)N[C@H](c2ccccc2)c2ccccc2C)S(C)(=O)=O)c1. The predicted octanol–water partition coefficient (Wildman–Crippen LogP) is 4.28. The summed E-state index contributed by atoms with van der Waals surface area (Å²) in [6, 6.07) is 22.7. The fraction of sp³-hybridized carbons (Fsp3) is 0.240. The van der Waals surface area contributed by atoms with Crippen molar-refractivity contribution in [2.75, 3.05) is 17.1 Å². The first-order valence-corrected chi connectivity index (χ1v) is 12.0. The standard InChI is InChI=1S/C25H28N2O3S/c1-18-14-19(2)16-22(15-18)27(31(4,29)30)17-24(28)26-25(21-11-6-5-7-12-21)23-13-9-8-10-20(23)3/h5-16,25H,17H2,1-4H3,(H,26,28)/t25-/m1/s1. The molecule has 6 heteroatoms. The Hall–Kier alpha value is -3.12. The summed E-state index contributed by atoms with van der Waals surface area (Å²) < 4.78 is 26.2. The van der Waals surface area contributed by atoms with Gasteiger partial charge in [0.15, 0.2) is 0 Å². The molecule has 31 heavy (non-hydrogen) atoms. The van der Waals surface area contributed by atoms with Gasteiger partial charge in [-0.25, -0.2) is 8.42 Å². The summed E-state index contributed by atoms with van der Waals surface area (Å²) in [5, 5.41) is 3.05. The van der Waals surface area contributed by atoms with Crippen LogP contribution in [0, 0.1) is 20.8 Å². The summed E-state index contributed by atoms with van der Waals surface area (Å²) in [4.78, 5) is 13.1. The van der Waals surface area contributed by atoms with E-state index in [1.807, 2.05) is 81.4 Å². The van der Waals surface area contributed by atoms with Crippen molar-refractivity contribution in [2.24, 2.45) is 0 Å². The summed E-state index contributed by atoms with van der Waals surface area (Å²) in [6.45, 7) is 5.51. The van der Waals surface area contributed by atoms with Gasteiger partial charge in [-0.1, -0.05) is 60.7 Å². The normalized spacial score (nSPS) is 12.3. The number of benzene rings is 3. The number of carbonyl (C=O) groups excluding carboxylic acids is 1. The molecular weight excluding hydrogens is 408 g/mol. The summed E-state index contributed by atoms with van der Waals surface area (Å²) in [5.41, 5.74) is 5.31. The number of aryl methyl sites for hydroxylation is 3. The van der Waals surface area contributed by atoms with Crippen LogP contribution in [0.25, 0.3) is 0 Å². The van der Waals surface area contributed by atoms with Gasteiger partial charge < -0.3 is 5.32 Å². The second-order valence-electron chi connectivity index (χ2n) is 7.88. The molecule has 0 bridgehead atoms. The van der Waals surface area contributed by atoms with Gasteiger partial charge in [-0.2, -0.15) is 0 Å². The number of carbonyl (C=O) groups is 1. The van der Waals surface area contributed by atoms with E-state index in [-0.39, 0.29) is 18.5 Å². The second kappa shape index (κ2) is 9.35. The molecule has 0 heterocycles. The Bertz CT molecular complexity index is 1150. The van der Waals surface area contributed by atoms with Crippen molar-refractivity contribution >= 4 is 21.6 Å². The predicted molar refractivity (Wildman–Crippen MR) is 126 cm³/mol. The highest BCUT2D eigenvalue weighted by Crippen LogP contribution is 2.26. The van der Waals surface area contributed by atoms with Crippen LogP contribution in [0.4, 0.5) is 5.69 Å². The number of nitrogens with zero attached hydrogens (tertiary/aromatic N) is 1. The van der Waals surface area contributed by atoms with Crippen LogP contribution in [-0.4, -0.2) is 27.1 Å². The molecule has 0 saturated heterocycles. The van der Waals surface area contributed by atoms with Gasteiger partial charge in [0.1, 0.15) is 6.54 Å². The Balaban J connectivity index is 1.93. The van der Waals surface area contributed by atoms with E-state index in [0.717, 1.165) is 38.4 Å². The second-order valence-corrected chi connectivity index (χ2v) is 9.79. The first kappa shape index (κ1) is 22.6. The molecule has 0 aliphatic rings. The topological polar surface area (TPSA) is 66.5 Å². The van der Waals surface area contributed by atoms with E-state index < -0.39 is 10.0 Å². The molecule has 3 rings (SSSR count). The van der Waals surface area contributed by atoms with E-state index in [1.54, 1.807) is 12.1 Å². The minimum Gasteiger partial charge on any atom is -0.344 e. The first-order chi connectivity index (χ1) is 14.6. The van der Waals surface area contributed by atoms with Gasteiger partial charge >= 0.3 is 0 Å². The Morgan fingerprint density at radius 3 is 2.06 bits per heavy atom. The lowest BCUT2D eigenvalue weighted by atomic mass is 9.95. The van der Waals surface area contributed by atoms with Crippen LogP contribution in [0.3, 0.4) is 0 Å². The van der Waals surface area contributed by atoms with Crippen molar-refractivity contribution in [3.05, 3.63) is 101 Å². The number of hydrogen-bond acceptors (Lipinski definition) is 3. The molecule has 162 valence electrons. The maximum absolute atomic E-state index is 13.1. The lowest BCUT2D eigenvalue weighted by Crippen LogP contribution is -2.42. The molecule has 1 N–H and O–H groups in total. The highest BCUT2D eigenvalue weighted by atomic mass is 32.2. The molecule has 3 aromatic carbocycles. The highest BCUT2D eigenvalue weighted by Gasteiger charge is 2.24.